The van der Waals surface area contributed by atoms with Crippen LogP contribution in [0.25, 0.3) is 22.0 Å². The molecule has 0 aliphatic carbocycles. The number of hydroxylamine groups is 1. The van der Waals surface area contributed by atoms with Gasteiger partial charge in [-0.05, 0) is 57.5 Å². The van der Waals surface area contributed by atoms with E-state index in [0.29, 0.717) is 22.3 Å². The average molecular weight is 519 g/mol. The number of nitrogens with zero attached hydrogens (tertiary/aromatic N) is 2. The number of aromatic nitrogens is 1. The first kappa shape index (κ1) is 25.4. The number of halogens is 2. The van der Waals surface area contributed by atoms with Crippen molar-refractivity contribution in [2.24, 2.45) is 5.73 Å². The van der Waals surface area contributed by atoms with Gasteiger partial charge in [-0.25, -0.2) is 18.6 Å². The topological polar surface area (TPSA) is 103 Å². The van der Waals surface area contributed by atoms with Gasteiger partial charge in [0.05, 0.1) is 28.3 Å². The Bertz CT molecular complexity index is 1590. The van der Waals surface area contributed by atoms with Crippen LogP contribution in [-0.2, 0) is 6.42 Å². The van der Waals surface area contributed by atoms with Crippen molar-refractivity contribution in [1.82, 2.24) is 4.98 Å². The molecule has 9 heteroatoms. The number of amides is 2. The van der Waals surface area contributed by atoms with Crippen molar-refractivity contribution in [2.75, 3.05) is 9.96 Å². The Balaban J connectivity index is 1.67. The van der Waals surface area contributed by atoms with Gasteiger partial charge in [0.1, 0.15) is 11.6 Å². The summed E-state index contributed by atoms with van der Waals surface area (Å²) in [5.74, 6) is -1.78. The third-order valence-electron chi connectivity index (χ3n) is 7.58. The number of hydrogen-bond acceptors (Lipinski definition) is 4. The standard InChI is InChI=1S/C29H28F2N4O3/c1-15-14-33-27-19(15)6-5-7-20(27)25-22(30)13-23-21(26(25)31)12-24(29(3,4)35(23)38)34(28(32)37)18-10-8-17(9-11-18)16(2)36/h5-11,13-14,24,33,38H,12H2,1-4H3,(H2,32,37)/t24-/m0/s1. The van der Waals surface area contributed by atoms with Crippen LogP contribution in [0.5, 0.6) is 0 Å². The third-order valence-corrected chi connectivity index (χ3v) is 7.58. The maximum atomic E-state index is 16.3. The highest BCUT2D eigenvalue weighted by Crippen LogP contribution is 2.44. The smallest absolute Gasteiger partial charge is 0.319 e. The second-order valence-corrected chi connectivity index (χ2v) is 10.2. The van der Waals surface area contributed by atoms with Gasteiger partial charge in [-0.1, -0.05) is 18.2 Å². The van der Waals surface area contributed by atoms with Gasteiger partial charge in [-0.2, -0.15) is 0 Å². The van der Waals surface area contributed by atoms with Crippen molar-refractivity contribution in [2.45, 2.75) is 45.7 Å². The van der Waals surface area contributed by atoms with E-state index in [0.717, 1.165) is 22.1 Å². The van der Waals surface area contributed by atoms with E-state index >= 15 is 8.78 Å². The molecule has 2 amide bonds. The number of para-hydroxylation sites is 1. The Morgan fingerprint density at radius 2 is 1.84 bits per heavy atom. The van der Waals surface area contributed by atoms with Crippen molar-refractivity contribution in [3.63, 3.8) is 0 Å². The van der Waals surface area contributed by atoms with Gasteiger partial charge < -0.3 is 10.7 Å². The molecule has 5 rings (SSSR count). The zero-order chi connectivity index (χ0) is 27.5. The minimum Gasteiger partial charge on any atom is -0.360 e. The molecular weight excluding hydrogens is 490 g/mol. The molecule has 0 bridgehead atoms. The minimum absolute atomic E-state index is 0.0174. The van der Waals surface area contributed by atoms with E-state index in [2.05, 4.69) is 4.98 Å². The highest BCUT2D eigenvalue weighted by atomic mass is 19.1. The Hall–Kier alpha value is -4.24. The number of nitrogens with two attached hydrogens (primary N) is 1. The van der Waals surface area contributed by atoms with Crippen LogP contribution in [0.1, 0.15) is 42.3 Å². The monoisotopic (exact) mass is 518 g/mol. The highest BCUT2D eigenvalue weighted by Gasteiger charge is 2.47. The molecule has 1 atom stereocenters. The van der Waals surface area contributed by atoms with Crippen LogP contribution in [0.2, 0.25) is 0 Å². The largest absolute Gasteiger partial charge is 0.360 e. The van der Waals surface area contributed by atoms with Crippen molar-refractivity contribution in [1.29, 1.82) is 0 Å². The number of hydrogen-bond donors (Lipinski definition) is 3. The number of benzene rings is 3. The maximum absolute atomic E-state index is 16.3. The molecule has 2 heterocycles. The summed E-state index contributed by atoms with van der Waals surface area (Å²) < 4.78 is 31.8. The number of ketones is 1. The summed E-state index contributed by atoms with van der Waals surface area (Å²) in [6.45, 7) is 6.65. The van der Waals surface area contributed by atoms with Crippen LogP contribution in [0, 0.1) is 18.6 Å². The molecule has 4 N–H and O–H groups in total. The van der Waals surface area contributed by atoms with Crippen molar-refractivity contribution in [3.05, 3.63) is 83.1 Å². The molecule has 38 heavy (non-hydrogen) atoms. The number of primary amides is 1. The van der Waals surface area contributed by atoms with E-state index in [-0.39, 0.29) is 29.0 Å². The predicted molar refractivity (Wildman–Crippen MR) is 143 cm³/mol. The van der Waals surface area contributed by atoms with Crippen molar-refractivity contribution >= 4 is 34.1 Å². The Morgan fingerprint density at radius 3 is 2.47 bits per heavy atom. The SMILES string of the molecule is CC(=O)c1ccc(N(C(N)=O)[C@H]2Cc3c(cc(F)c(-c4cccc5c(C)c[nH]c45)c3F)N(O)C2(C)C)cc1. The Labute approximate surface area is 218 Å². The van der Waals surface area contributed by atoms with E-state index in [9.17, 15) is 14.8 Å². The number of carbonyl (C=O) groups is 2. The van der Waals surface area contributed by atoms with Crippen molar-refractivity contribution in [3.8, 4) is 11.1 Å². The highest BCUT2D eigenvalue weighted by molar-refractivity contribution is 5.98. The lowest BCUT2D eigenvalue weighted by Gasteiger charge is -2.49. The number of carbonyl (C=O) groups excluding carboxylic acids is 2. The molecule has 0 unspecified atom stereocenters. The summed E-state index contributed by atoms with van der Waals surface area (Å²) in [7, 11) is 0. The number of urea groups is 1. The number of aryl methyl sites for hydroxylation is 1. The van der Waals surface area contributed by atoms with Crippen LogP contribution in [0.15, 0.2) is 54.7 Å². The summed E-state index contributed by atoms with van der Waals surface area (Å²) in [4.78, 5) is 28.8. The molecular formula is C29H28F2N4O3. The zero-order valence-electron chi connectivity index (χ0n) is 21.5. The predicted octanol–water partition coefficient (Wildman–Crippen LogP) is 6.11. The van der Waals surface area contributed by atoms with E-state index in [1.807, 2.05) is 13.0 Å². The number of H-pyrrole nitrogens is 1. The first-order chi connectivity index (χ1) is 17.9. The van der Waals surface area contributed by atoms with Crippen LogP contribution >= 0.6 is 0 Å². The van der Waals surface area contributed by atoms with Gasteiger partial charge >= 0.3 is 6.03 Å². The third kappa shape index (κ3) is 3.81. The van der Waals surface area contributed by atoms with Gasteiger partial charge in [0.25, 0.3) is 0 Å². The summed E-state index contributed by atoms with van der Waals surface area (Å²) in [6.07, 6.45) is 1.73. The Morgan fingerprint density at radius 1 is 1.16 bits per heavy atom. The number of rotatable bonds is 4. The fourth-order valence-electron chi connectivity index (χ4n) is 5.40. The van der Waals surface area contributed by atoms with E-state index in [1.165, 1.54) is 11.8 Å². The van der Waals surface area contributed by atoms with Crippen LogP contribution in [0.4, 0.5) is 25.0 Å². The van der Waals surface area contributed by atoms with E-state index in [4.69, 9.17) is 5.73 Å². The number of anilines is 2. The molecule has 3 aromatic carbocycles. The van der Waals surface area contributed by atoms with Gasteiger partial charge in [0.15, 0.2) is 5.78 Å². The minimum atomic E-state index is -1.18. The molecule has 0 spiro atoms. The molecule has 0 saturated heterocycles. The Kier molecular flexibility index (Phi) is 5.99. The van der Waals surface area contributed by atoms with Gasteiger partial charge in [-0.3, -0.25) is 14.9 Å². The van der Waals surface area contributed by atoms with Gasteiger partial charge in [0.2, 0.25) is 0 Å². The number of Topliss-reactive ketones (excluding diaryl/α,β-unsaturated/α-hetero) is 1. The molecule has 0 radical (unpaired) electrons. The lowest BCUT2D eigenvalue weighted by atomic mass is 9.81. The summed E-state index contributed by atoms with van der Waals surface area (Å²) in [5, 5.41) is 12.9. The molecule has 1 aromatic heterocycles. The zero-order valence-corrected chi connectivity index (χ0v) is 21.5. The molecule has 4 aromatic rings. The van der Waals surface area contributed by atoms with E-state index < -0.39 is 29.2 Å². The number of fused-ring (bicyclic) bond motifs is 2. The summed E-state index contributed by atoms with van der Waals surface area (Å²) >= 11 is 0. The first-order valence-electron chi connectivity index (χ1n) is 12.2. The van der Waals surface area contributed by atoms with Crippen LogP contribution in [-0.4, -0.2) is 33.6 Å². The molecule has 196 valence electrons. The van der Waals surface area contributed by atoms with Crippen LogP contribution in [0.3, 0.4) is 0 Å². The van der Waals surface area contributed by atoms with Gasteiger partial charge in [0, 0.05) is 46.4 Å². The second-order valence-electron chi connectivity index (χ2n) is 10.2. The van der Waals surface area contributed by atoms with Crippen LogP contribution < -0.4 is 15.7 Å². The fraction of sp³-hybridized carbons (Fsp3) is 0.241. The second kappa shape index (κ2) is 8.95. The first-order valence-corrected chi connectivity index (χ1v) is 12.2. The average Bonchev–Trinajstić information content (AvgIpc) is 3.25. The summed E-state index contributed by atoms with van der Waals surface area (Å²) in [6, 6.07) is 11.0. The molecule has 0 saturated carbocycles. The van der Waals surface area contributed by atoms with E-state index in [1.54, 1.807) is 56.4 Å². The molecule has 1 aliphatic heterocycles. The number of aromatic amines is 1. The lowest BCUT2D eigenvalue weighted by Crippen LogP contribution is -2.64. The summed E-state index contributed by atoms with van der Waals surface area (Å²) in [5.41, 5.74) is 7.15. The number of nitrogens with one attached hydrogen (secondary N) is 1. The molecule has 7 nitrogen and oxygen atoms in total. The normalized spacial score (nSPS) is 16.4. The molecule has 0 fully saturated rings. The fourth-order valence-corrected chi connectivity index (χ4v) is 5.40. The molecule has 1 aliphatic rings. The quantitative estimate of drug-likeness (QED) is 0.284. The van der Waals surface area contributed by atoms with Crippen molar-refractivity contribution < 1.29 is 23.6 Å². The van der Waals surface area contributed by atoms with Gasteiger partial charge in [-0.15, -0.1) is 0 Å². The lowest BCUT2D eigenvalue weighted by molar-refractivity contribution is 0.101. The maximum Gasteiger partial charge on any atom is 0.319 e.